The molecule has 0 aromatic carbocycles. The molecule has 0 radical (unpaired) electrons. The van der Waals surface area contributed by atoms with Gasteiger partial charge in [-0.25, -0.2) is 0 Å². The van der Waals surface area contributed by atoms with E-state index in [2.05, 4.69) is 17.1 Å². The third-order valence-corrected chi connectivity index (χ3v) is 5.82. The Balaban J connectivity index is 1.66. The van der Waals surface area contributed by atoms with E-state index in [0.717, 1.165) is 12.5 Å². The fourth-order valence-corrected chi connectivity index (χ4v) is 4.54. The molecule has 2 N–H and O–H groups in total. The number of aliphatic hydroxyl groups excluding tert-OH is 1. The molecule has 3 heteroatoms. The van der Waals surface area contributed by atoms with Crippen molar-refractivity contribution in [1.82, 2.24) is 10.2 Å². The van der Waals surface area contributed by atoms with Gasteiger partial charge >= 0.3 is 0 Å². The second-order valence-corrected chi connectivity index (χ2v) is 7.40. The average Bonchev–Trinajstić information content (AvgIpc) is 3.31. The molecule has 116 valence electrons. The Morgan fingerprint density at radius 1 is 1.15 bits per heavy atom. The summed E-state index contributed by atoms with van der Waals surface area (Å²) in [5.41, 5.74) is 0.0276. The Hall–Kier alpha value is -0.120. The molecule has 0 aromatic rings. The summed E-state index contributed by atoms with van der Waals surface area (Å²) in [6, 6.07) is 2.20. The third-order valence-electron chi connectivity index (χ3n) is 5.82. The second-order valence-electron chi connectivity index (χ2n) is 7.40. The fourth-order valence-electron chi connectivity index (χ4n) is 4.54. The number of hydrogen-bond donors (Lipinski definition) is 2. The molecule has 2 aliphatic carbocycles. The minimum atomic E-state index is 0.0276. The molecule has 1 saturated heterocycles. The number of hydrogen-bond acceptors (Lipinski definition) is 3. The first-order valence-electron chi connectivity index (χ1n) is 8.90. The first kappa shape index (κ1) is 14.8. The molecule has 3 aliphatic rings. The Labute approximate surface area is 124 Å². The van der Waals surface area contributed by atoms with Crippen molar-refractivity contribution in [3.63, 3.8) is 0 Å². The lowest BCUT2D eigenvalue weighted by molar-refractivity contribution is 0.0214. The highest BCUT2D eigenvalue weighted by atomic mass is 16.3. The van der Waals surface area contributed by atoms with E-state index in [1.165, 1.54) is 64.3 Å². The highest BCUT2D eigenvalue weighted by Gasteiger charge is 2.42. The van der Waals surface area contributed by atoms with Gasteiger partial charge < -0.3 is 10.4 Å². The lowest BCUT2D eigenvalue weighted by atomic mass is 9.77. The van der Waals surface area contributed by atoms with Gasteiger partial charge in [-0.3, -0.25) is 4.90 Å². The molecule has 2 saturated carbocycles. The number of likely N-dealkylation sites (tertiary alicyclic amines) is 1. The van der Waals surface area contributed by atoms with Crippen molar-refractivity contribution in [2.45, 2.75) is 94.8 Å². The zero-order chi connectivity index (χ0) is 14.0. The molecular weight excluding hydrogens is 248 g/mol. The van der Waals surface area contributed by atoms with Gasteiger partial charge in [-0.15, -0.1) is 0 Å². The van der Waals surface area contributed by atoms with Crippen LogP contribution in [0.15, 0.2) is 0 Å². The summed E-state index contributed by atoms with van der Waals surface area (Å²) in [5, 5.41) is 13.8. The maximum atomic E-state index is 9.98. The van der Waals surface area contributed by atoms with Crippen molar-refractivity contribution in [2.75, 3.05) is 13.2 Å². The van der Waals surface area contributed by atoms with E-state index in [4.69, 9.17) is 0 Å². The highest BCUT2D eigenvalue weighted by Crippen LogP contribution is 2.36. The molecule has 1 heterocycles. The second kappa shape index (κ2) is 6.33. The molecule has 20 heavy (non-hydrogen) atoms. The van der Waals surface area contributed by atoms with Crippen LogP contribution in [0.5, 0.6) is 0 Å². The number of aliphatic hydroxyl groups is 1. The maximum absolute atomic E-state index is 9.98. The number of nitrogens with one attached hydrogen (secondary N) is 1. The predicted octanol–water partition coefficient (Wildman–Crippen LogP) is 2.68. The summed E-state index contributed by atoms with van der Waals surface area (Å²) >= 11 is 0. The van der Waals surface area contributed by atoms with E-state index in [1.54, 1.807) is 0 Å². The highest BCUT2D eigenvalue weighted by molar-refractivity contribution is 5.01. The van der Waals surface area contributed by atoms with Crippen LogP contribution in [-0.2, 0) is 0 Å². The first-order valence-corrected chi connectivity index (χ1v) is 8.90. The lowest BCUT2D eigenvalue weighted by Gasteiger charge is -2.48. The minimum Gasteiger partial charge on any atom is -0.394 e. The van der Waals surface area contributed by atoms with Crippen LogP contribution in [0.2, 0.25) is 0 Å². The van der Waals surface area contributed by atoms with Gasteiger partial charge in [-0.2, -0.15) is 0 Å². The largest absolute Gasteiger partial charge is 0.394 e. The van der Waals surface area contributed by atoms with Gasteiger partial charge in [0.2, 0.25) is 0 Å². The molecule has 3 fully saturated rings. The molecule has 0 bridgehead atoms. The van der Waals surface area contributed by atoms with Gasteiger partial charge in [-0.1, -0.05) is 13.3 Å². The van der Waals surface area contributed by atoms with Crippen molar-refractivity contribution in [3.8, 4) is 0 Å². The maximum Gasteiger partial charge on any atom is 0.0613 e. The fraction of sp³-hybridized carbons (Fsp3) is 1.00. The van der Waals surface area contributed by atoms with E-state index in [1.807, 2.05) is 0 Å². The monoisotopic (exact) mass is 280 g/mol. The molecule has 0 spiro atoms. The minimum absolute atomic E-state index is 0.0276. The Bertz CT molecular complexity index is 318. The van der Waals surface area contributed by atoms with Crippen LogP contribution < -0.4 is 5.32 Å². The molecule has 3 atom stereocenters. The van der Waals surface area contributed by atoms with Crippen LogP contribution in [0.1, 0.15) is 71.1 Å². The standard InChI is InChI=1S/C17H32N2O/c1-2-15-6-3-4-11-19(15)16-7-5-10-17(12-16,13-20)18-14-8-9-14/h14-16,18,20H,2-13H2,1H3. The summed E-state index contributed by atoms with van der Waals surface area (Å²) in [6.07, 6.45) is 13.0. The average molecular weight is 280 g/mol. The molecular formula is C17H32N2O. The summed E-state index contributed by atoms with van der Waals surface area (Å²) in [5.74, 6) is 0. The van der Waals surface area contributed by atoms with Crippen molar-refractivity contribution in [1.29, 1.82) is 0 Å². The Morgan fingerprint density at radius 3 is 2.70 bits per heavy atom. The summed E-state index contributed by atoms with van der Waals surface area (Å²) in [4.78, 5) is 2.79. The van der Waals surface area contributed by atoms with Gasteiger partial charge in [0, 0.05) is 23.7 Å². The van der Waals surface area contributed by atoms with Crippen LogP contribution in [0.4, 0.5) is 0 Å². The van der Waals surface area contributed by atoms with Gasteiger partial charge in [0.1, 0.15) is 0 Å². The SMILES string of the molecule is CCC1CCCCN1C1CCCC(CO)(NC2CC2)C1. The summed E-state index contributed by atoms with van der Waals surface area (Å²) in [6.45, 7) is 3.95. The van der Waals surface area contributed by atoms with E-state index >= 15 is 0 Å². The molecule has 3 nitrogen and oxygen atoms in total. The molecule has 0 amide bonds. The number of rotatable bonds is 5. The van der Waals surface area contributed by atoms with Crippen LogP contribution in [0.25, 0.3) is 0 Å². The molecule has 3 rings (SSSR count). The normalized spacial score (nSPS) is 39.9. The van der Waals surface area contributed by atoms with Crippen LogP contribution in [-0.4, -0.2) is 46.8 Å². The van der Waals surface area contributed by atoms with E-state index < -0.39 is 0 Å². The molecule has 1 aliphatic heterocycles. The number of piperidine rings is 1. The van der Waals surface area contributed by atoms with Crippen LogP contribution >= 0.6 is 0 Å². The number of nitrogens with zero attached hydrogens (tertiary/aromatic N) is 1. The smallest absolute Gasteiger partial charge is 0.0613 e. The predicted molar refractivity (Wildman–Crippen MR) is 82.9 cm³/mol. The lowest BCUT2D eigenvalue weighted by Crippen LogP contribution is -2.58. The summed E-state index contributed by atoms with van der Waals surface area (Å²) < 4.78 is 0. The van der Waals surface area contributed by atoms with Gasteiger partial charge in [0.05, 0.1) is 6.61 Å². The van der Waals surface area contributed by atoms with Gasteiger partial charge in [-0.05, 0) is 64.3 Å². The first-order chi connectivity index (χ1) is 9.76. The van der Waals surface area contributed by atoms with E-state index in [9.17, 15) is 5.11 Å². The Kier molecular flexibility index (Phi) is 4.68. The quantitative estimate of drug-likeness (QED) is 0.813. The zero-order valence-electron chi connectivity index (χ0n) is 13.1. The third kappa shape index (κ3) is 3.20. The Morgan fingerprint density at radius 2 is 2.00 bits per heavy atom. The van der Waals surface area contributed by atoms with Crippen molar-refractivity contribution >= 4 is 0 Å². The van der Waals surface area contributed by atoms with Crippen molar-refractivity contribution in [2.24, 2.45) is 0 Å². The molecule has 0 aromatic heterocycles. The summed E-state index contributed by atoms with van der Waals surface area (Å²) in [7, 11) is 0. The zero-order valence-corrected chi connectivity index (χ0v) is 13.1. The van der Waals surface area contributed by atoms with Crippen molar-refractivity contribution < 1.29 is 5.11 Å². The van der Waals surface area contributed by atoms with E-state index in [-0.39, 0.29) is 5.54 Å². The van der Waals surface area contributed by atoms with Crippen LogP contribution in [0, 0.1) is 0 Å². The molecule has 3 unspecified atom stereocenters. The van der Waals surface area contributed by atoms with E-state index in [0.29, 0.717) is 18.7 Å². The topological polar surface area (TPSA) is 35.5 Å². The van der Waals surface area contributed by atoms with Gasteiger partial charge in [0.25, 0.3) is 0 Å². The van der Waals surface area contributed by atoms with Gasteiger partial charge in [0.15, 0.2) is 0 Å². The van der Waals surface area contributed by atoms with Crippen molar-refractivity contribution in [3.05, 3.63) is 0 Å². The van der Waals surface area contributed by atoms with Crippen LogP contribution in [0.3, 0.4) is 0 Å².